The Balaban J connectivity index is 1.95. The largest absolute Gasteiger partial charge is 0.464 e. The number of furan rings is 1. The maximum absolute atomic E-state index is 12.8. The molecule has 8 heteroatoms. The molecule has 0 spiro atoms. The van der Waals surface area contributed by atoms with Gasteiger partial charge in [0.1, 0.15) is 17.6 Å². The molecule has 124 valence electrons. The fourth-order valence-electron chi connectivity index (χ4n) is 1.93. The van der Waals surface area contributed by atoms with E-state index in [0.29, 0.717) is 5.76 Å². The van der Waals surface area contributed by atoms with Gasteiger partial charge in [-0.15, -0.1) is 0 Å². The number of carbonyl (C=O) groups is 1. The van der Waals surface area contributed by atoms with Crippen LogP contribution in [0.5, 0.6) is 0 Å². The Kier molecular flexibility index (Phi) is 4.95. The number of halogens is 3. The van der Waals surface area contributed by atoms with Crippen molar-refractivity contribution in [1.29, 1.82) is 0 Å². The summed E-state index contributed by atoms with van der Waals surface area (Å²) in [7, 11) is 0. The van der Waals surface area contributed by atoms with E-state index >= 15 is 0 Å². The van der Waals surface area contributed by atoms with Crippen molar-refractivity contribution in [3.05, 3.63) is 53.5 Å². The summed E-state index contributed by atoms with van der Waals surface area (Å²) >= 11 is 0. The zero-order valence-electron chi connectivity index (χ0n) is 12.1. The Morgan fingerprint density at radius 2 is 1.96 bits per heavy atom. The highest BCUT2D eigenvalue weighted by Gasteiger charge is 2.33. The van der Waals surface area contributed by atoms with Gasteiger partial charge in [0.2, 0.25) is 0 Å². The lowest BCUT2D eigenvalue weighted by atomic mass is 10.1. The average Bonchev–Trinajstić information content (AvgIpc) is 2.91. The first-order chi connectivity index (χ1) is 10.8. The van der Waals surface area contributed by atoms with Crippen LogP contribution in [0.4, 0.5) is 23.7 Å². The number of alkyl halides is 3. The molecule has 0 aliphatic carbocycles. The minimum absolute atomic E-state index is 0.201. The van der Waals surface area contributed by atoms with E-state index in [2.05, 4.69) is 10.6 Å². The highest BCUT2D eigenvalue weighted by Crippen LogP contribution is 2.34. The number of hydrogen-bond donors (Lipinski definition) is 3. The van der Waals surface area contributed by atoms with Crippen LogP contribution in [0.3, 0.4) is 0 Å². The first kappa shape index (κ1) is 16.9. The molecule has 0 fully saturated rings. The predicted molar refractivity (Wildman–Crippen MR) is 76.9 cm³/mol. The molecule has 3 N–H and O–H groups in total. The van der Waals surface area contributed by atoms with Crippen LogP contribution in [0.2, 0.25) is 0 Å². The fourth-order valence-corrected chi connectivity index (χ4v) is 1.93. The van der Waals surface area contributed by atoms with Gasteiger partial charge in [-0.2, -0.15) is 13.2 Å². The summed E-state index contributed by atoms with van der Waals surface area (Å²) in [4.78, 5) is 11.7. The van der Waals surface area contributed by atoms with E-state index in [1.807, 2.05) is 0 Å². The molecule has 2 rings (SSSR count). The Morgan fingerprint density at radius 1 is 1.26 bits per heavy atom. The van der Waals surface area contributed by atoms with Gasteiger partial charge < -0.3 is 20.2 Å². The smallest absolute Gasteiger partial charge is 0.418 e. The second kappa shape index (κ2) is 6.74. The third-order valence-electron chi connectivity index (χ3n) is 3.03. The summed E-state index contributed by atoms with van der Waals surface area (Å²) in [6.45, 7) is 1.50. The summed E-state index contributed by atoms with van der Waals surface area (Å²) in [6, 6.07) is 6.98. The van der Waals surface area contributed by atoms with Crippen molar-refractivity contribution in [2.24, 2.45) is 0 Å². The third kappa shape index (κ3) is 4.49. The molecule has 0 saturated heterocycles. The van der Waals surface area contributed by atoms with Gasteiger partial charge >= 0.3 is 12.2 Å². The van der Waals surface area contributed by atoms with Crippen LogP contribution >= 0.6 is 0 Å². The van der Waals surface area contributed by atoms with Crippen LogP contribution in [0.25, 0.3) is 0 Å². The SMILES string of the molecule is Cc1ccc(C(O)CNC(=O)Nc2ccccc2C(F)(F)F)o1. The van der Waals surface area contributed by atoms with Crippen molar-refractivity contribution in [3.63, 3.8) is 0 Å². The van der Waals surface area contributed by atoms with E-state index < -0.39 is 23.9 Å². The number of rotatable bonds is 4. The van der Waals surface area contributed by atoms with Gasteiger partial charge in [0, 0.05) is 0 Å². The van der Waals surface area contributed by atoms with Crippen molar-refractivity contribution in [1.82, 2.24) is 5.32 Å². The van der Waals surface area contributed by atoms with Crippen molar-refractivity contribution >= 4 is 11.7 Å². The summed E-state index contributed by atoms with van der Waals surface area (Å²) < 4.78 is 43.6. The minimum atomic E-state index is -4.57. The molecule has 0 aliphatic heterocycles. The maximum atomic E-state index is 12.8. The quantitative estimate of drug-likeness (QED) is 0.804. The number of amides is 2. The van der Waals surface area contributed by atoms with Crippen molar-refractivity contribution in [2.75, 3.05) is 11.9 Å². The number of anilines is 1. The number of para-hydroxylation sites is 1. The van der Waals surface area contributed by atoms with Crippen LogP contribution in [-0.2, 0) is 6.18 Å². The number of urea groups is 1. The van der Waals surface area contributed by atoms with Gasteiger partial charge in [-0.1, -0.05) is 12.1 Å². The number of nitrogens with one attached hydrogen (secondary N) is 2. The molecule has 2 amide bonds. The van der Waals surface area contributed by atoms with Gasteiger partial charge in [0.25, 0.3) is 0 Å². The average molecular weight is 328 g/mol. The molecule has 1 unspecified atom stereocenters. The molecule has 2 aromatic rings. The highest BCUT2D eigenvalue weighted by molar-refractivity contribution is 5.90. The second-order valence-corrected chi connectivity index (χ2v) is 4.84. The van der Waals surface area contributed by atoms with Crippen LogP contribution in [-0.4, -0.2) is 17.7 Å². The molecule has 0 radical (unpaired) electrons. The van der Waals surface area contributed by atoms with Crippen molar-refractivity contribution in [2.45, 2.75) is 19.2 Å². The topological polar surface area (TPSA) is 74.5 Å². The van der Waals surface area contributed by atoms with Crippen LogP contribution in [0.1, 0.15) is 23.2 Å². The van der Waals surface area contributed by atoms with E-state index in [9.17, 15) is 23.1 Å². The number of aliphatic hydroxyl groups excluding tert-OH is 1. The first-order valence-corrected chi connectivity index (χ1v) is 6.73. The molecule has 1 aromatic heterocycles. The maximum Gasteiger partial charge on any atom is 0.418 e. The summed E-state index contributed by atoms with van der Waals surface area (Å²) in [6.07, 6.45) is -5.66. The zero-order valence-corrected chi connectivity index (χ0v) is 12.1. The molecule has 1 aromatic carbocycles. The lowest BCUT2D eigenvalue weighted by molar-refractivity contribution is -0.136. The molecule has 1 heterocycles. The van der Waals surface area contributed by atoms with Gasteiger partial charge in [0.05, 0.1) is 17.8 Å². The van der Waals surface area contributed by atoms with Crippen LogP contribution < -0.4 is 10.6 Å². The molecule has 0 saturated carbocycles. The highest BCUT2D eigenvalue weighted by atomic mass is 19.4. The third-order valence-corrected chi connectivity index (χ3v) is 3.03. The number of hydrogen-bond acceptors (Lipinski definition) is 3. The van der Waals surface area contributed by atoms with Crippen molar-refractivity contribution in [3.8, 4) is 0 Å². The Labute approximate surface area is 130 Å². The van der Waals surface area contributed by atoms with Crippen LogP contribution in [0, 0.1) is 6.92 Å². The molecular formula is C15H15F3N2O3. The van der Waals surface area contributed by atoms with Gasteiger partial charge in [0.15, 0.2) is 0 Å². The predicted octanol–water partition coefficient (Wildman–Crippen LogP) is 3.46. The molecule has 0 aliphatic rings. The van der Waals surface area contributed by atoms with Gasteiger partial charge in [-0.3, -0.25) is 0 Å². The van der Waals surface area contributed by atoms with E-state index in [4.69, 9.17) is 4.42 Å². The number of carbonyl (C=O) groups excluding carboxylic acids is 1. The Hall–Kier alpha value is -2.48. The Morgan fingerprint density at radius 3 is 2.57 bits per heavy atom. The molecule has 23 heavy (non-hydrogen) atoms. The molecule has 1 atom stereocenters. The lowest BCUT2D eigenvalue weighted by Gasteiger charge is -2.15. The molecule has 5 nitrogen and oxygen atoms in total. The van der Waals surface area contributed by atoms with E-state index in [-0.39, 0.29) is 18.0 Å². The second-order valence-electron chi connectivity index (χ2n) is 4.84. The standard InChI is InChI=1S/C15H15F3N2O3/c1-9-6-7-13(23-9)12(21)8-19-14(22)20-11-5-3-2-4-10(11)15(16,17)18/h2-7,12,21H,8H2,1H3,(H2,19,20,22). The normalized spacial score (nSPS) is 12.7. The summed E-state index contributed by atoms with van der Waals surface area (Å²) in [5.41, 5.74) is -1.31. The van der Waals surface area contributed by atoms with Crippen LogP contribution in [0.15, 0.2) is 40.8 Å². The van der Waals surface area contributed by atoms with Gasteiger partial charge in [-0.05, 0) is 31.2 Å². The zero-order chi connectivity index (χ0) is 17.0. The summed E-state index contributed by atoms with van der Waals surface area (Å²) in [5, 5.41) is 14.2. The number of aliphatic hydroxyl groups is 1. The molecular weight excluding hydrogens is 313 g/mol. The monoisotopic (exact) mass is 328 g/mol. The Bertz CT molecular complexity index is 683. The number of aryl methyl sites for hydroxylation is 1. The first-order valence-electron chi connectivity index (χ1n) is 6.73. The summed E-state index contributed by atoms with van der Waals surface area (Å²) in [5.74, 6) is 0.862. The lowest BCUT2D eigenvalue weighted by Crippen LogP contribution is -2.33. The van der Waals surface area contributed by atoms with E-state index in [1.54, 1.807) is 19.1 Å². The van der Waals surface area contributed by atoms with E-state index in [0.717, 1.165) is 12.1 Å². The van der Waals surface area contributed by atoms with E-state index in [1.165, 1.54) is 12.1 Å². The van der Waals surface area contributed by atoms with Gasteiger partial charge in [-0.25, -0.2) is 4.79 Å². The minimum Gasteiger partial charge on any atom is -0.464 e. The fraction of sp³-hybridized carbons (Fsp3) is 0.267. The van der Waals surface area contributed by atoms with Crippen molar-refractivity contribution < 1.29 is 27.5 Å². The molecule has 0 bridgehead atoms. The number of benzene rings is 1.